The molecule has 2 aromatic heterocycles. The van der Waals surface area contributed by atoms with Crippen LogP contribution in [0.5, 0.6) is 0 Å². The van der Waals surface area contributed by atoms with Crippen molar-refractivity contribution in [1.29, 1.82) is 0 Å². The van der Waals surface area contributed by atoms with Crippen molar-refractivity contribution >= 4 is 0 Å². The SMILES string of the molecule is Cc1ccc(-c2ncn(C3CCNCC3)c2-c2ccncc2)cc1. The fourth-order valence-corrected chi connectivity index (χ4v) is 3.44. The minimum absolute atomic E-state index is 0.501. The van der Waals surface area contributed by atoms with Crippen LogP contribution in [0.2, 0.25) is 0 Å². The van der Waals surface area contributed by atoms with Crippen molar-refractivity contribution in [2.45, 2.75) is 25.8 Å². The lowest BCUT2D eigenvalue weighted by Crippen LogP contribution is -2.29. The van der Waals surface area contributed by atoms with Gasteiger partial charge in [0.1, 0.15) is 0 Å². The lowest BCUT2D eigenvalue weighted by molar-refractivity contribution is 0.370. The van der Waals surface area contributed by atoms with E-state index in [4.69, 9.17) is 4.98 Å². The Kier molecular flexibility index (Phi) is 4.13. The fourth-order valence-electron chi connectivity index (χ4n) is 3.44. The molecule has 4 nitrogen and oxygen atoms in total. The van der Waals surface area contributed by atoms with Crippen LogP contribution >= 0.6 is 0 Å². The summed E-state index contributed by atoms with van der Waals surface area (Å²) in [5.41, 5.74) is 5.87. The van der Waals surface area contributed by atoms with Gasteiger partial charge in [-0.3, -0.25) is 4.98 Å². The molecule has 0 spiro atoms. The normalized spacial score (nSPS) is 15.5. The van der Waals surface area contributed by atoms with Gasteiger partial charge in [-0.05, 0) is 45.0 Å². The standard InChI is InChI=1S/C20H22N4/c1-15-2-4-16(5-3-15)19-20(17-6-10-21-11-7-17)24(14-23-19)18-8-12-22-13-9-18/h2-7,10-11,14,18,22H,8-9,12-13H2,1H3. The van der Waals surface area contributed by atoms with Crippen molar-refractivity contribution in [3.63, 3.8) is 0 Å². The van der Waals surface area contributed by atoms with Crippen LogP contribution < -0.4 is 5.32 Å². The van der Waals surface area contributed by atoms with Crippen molar-refractivity contribution < 1.29 is 0 Å². The Morgan fingerprint density at radius 1 is 0.958 bits per heavy atom. The van der Waals surface area contributed by atoms with Crippen LogP contribution in [-0.2, 0) is 0 Å². The Hall–Kier alpha value is -2.46. The largest absolute Gasteiger partial charge is 0.327 e. The maximum atomic E-state index is 4.79. The van der Waals surface area contributed by atoms with Crippen LogP contribution in [0.1, 0.15) is 24.4 Å². The van der Waals surface area contributed by atoms with Gasteiger partial charge in [-0.25, -0.2) is 4.98 Å². The summed E-state index contributed by atoms with van der Waals surface area (Å²) in [7, 11) is 0. The number of aryl methyl sites for hydroxylation is 1. The first-order chi connectivity index (χ1) is 11.8. The van der Waals surface area contributed by atoms with E-state index >= 15 is 0 Å². The molecule has 24 heavy (non-hydrogen) atoms. The van der Waals surface area contributed by atoms with E-state index in [2.05, 4.69) is 58.2 Å². The van der Waals surface area contributed by atoms with Crippen LogP contribution in [0.4, 0.5) is 0 Å². The van der Waals surface area contributed by atoms with Gasteiger partial charge in [0, 0.05) is 29.6 Å². The van der Waals surface area contributed by atoms with Gasteiger partial charge in [0.2, 0.25) is 0 Å². The highest BCUT2D eigenvalue weighted by atomic mass is 15.1. The molecule has 4 heteroatoms. The Balaban J connectivity index is 1.84. The molecular weight excluding hydrogens is 296 g/mol. The summed E-state index contributed by atoms with van der Waals surface area (Å²) in [4.78, 5) is 8.96. The minimum Gasteiger partial charge on any atom is -0.327 e. The average Bonchev–Trinajstić information content (AvgIpc) is 3.09. The highest BCUT2D eigenvalue weighted by Gasteiger charge is 2.22. The molecule has 1 N–H and O–H groups in total. The number of piperidine rings is 1. The Morgan fingerprint density at radius 3 is 2.38 bits per heavy atom. The average molecular weight is 318 g/mol. The summed E-state index contributed by atoms with van der Waals surface area (Å²) in [6.45, 7) is 4.25. The highest BCUT2D eigenvalue weighted by molar-refractivity contribution is 5.78. The fraction of sp³-hybridized carbons (Fsp3) is 0.300. The molecule has 1 saturated heterocycles. The van der Waals surface area contributed by atoms with Crippen molar-refractivity contribution in [2.24, 2.45) is 0 Å². The molecule has 0 amide bonds. The smallest absolute Gasteiger partial charge is 0.0963 e. The third-order valence-corrected chi connectivity index (χ3v) is 4.77. The van der Waals surface area contributed by atoms with E-state index in [1.807, 2.05) is 18.7 Å². The zero-order valence-electron chi connectivity index (χ0n) is 13.9. The maximum Gasteiger partial charge on any atom is 0.0963 e. The second kappa shape index (κ2) is 6.57. The summed E-state index contributed by atoms with van der Waals surface area (Å²) < 4.78 is 2.37. The summed E-state index contributed by atoms with van der Waals surface area (Å²) in [5.74, 6) is 0. The van der Waals surface area contributed by atoms with Crippen molar-refractivity contribution in [2.75, 3.05) is 13.1 Å². The van der Waals surface area contributed by atoms with Gasteiger partial charge in [0.25, 0.3) is 0 Å². The van der Waals surface area contributed by atoms with Crippen LogP contribution in [0, 0.1) is 6.92 Å². The lowest BCUT2D eigenvalue weighted by Gasteiger charge is -2.26. The van der Waals surface area contributed by atoms with Crippen LogP contribution in [-0.4, -0.2) is 27.6 Å². The quantitative estimate of drug-likeness (QED) is 0.798. The van der Waals surface area contributed by atoms with Gasteiger partial charge >= 0.3 is 0 Å². The van der Waals surface area contributed by atoms with Gasteiger partial charge in [-0.1, -0.05) is 29.8 Å². The number of hydrogen-bond donors (Lipinski definition) is 1. The molecule has 0 unspecified atom stereocenters. The molecule has 0 saturated carbocycles. The summed E-state index contributed by atoms with van der Waals surface area (Å²) in [6.07, 6.45) is 8.01. The predicted molar refractivity (Wildman–Crippen MR) is 96.8 cm³/mol. The number of nitrogens with zero attached hydrogens (tertiary/aromatic N) is 3. The summed E-state index contributed by atoms with van der Waals surface area (Å²) in [5, 5.41) is 3.44. The first-order valence-corrected chi connectivity index (χ1v) is 8.58. The molecule has 0 bridgehead atoms. The van der Waals surface area contributed by atoms with E-state index in [1.54, 1.807) is 0 Å². The van der Waals surface area contributed by atoms with Gasteiger partial charge in [0.05, 0.1) is 17.7 Å². The molecule has 122 valence electrons. The Morgan fingerprint density at radius 2 is 1.67 bits per heavy atom. The first kappa shape index (κ1) is 15.1. The molecule has 3 heterocycles. The molecule has 0 aliphatic carbocycles. The number of rotatable bonds is 3. The van der Waals surface area contributed by atoms with Gasteiger partial charge in [-0.15, -0.1) is 0 Å². The number of imidazole rings is 1. The zero-order valence-corrected chi connectivity index (χ0v) is 13.9. The van der Waals surface area contributed by atoms with Crippen LogP contribution in [0.15, 0.2) is 55.1 Å². The minimum atomic E-state index is 0.501. The molecule has 4 rings (SSSR count). The van der Waals surface area contributed by atoms with Crippen molar-refractivity contribution in [3.8, 4) is 22.5 Å². The predicted octanol–water partition coefficient (Wildman–Crippen LogP) is 3.85. The van der Waals surface area contributed by atoms with E-state index in [0.717, 1.165) is 31.6 Å². The number of pyridine rings is 1. The molecule has 0 radical (unpaired) electrons. The van der Waals surface area contributed by atoms with E-state index in [0.29, 0.717) is 6.04 Å². The topological polar surface area (TPSA) is 42.7 Å². The molecule has 1 aromatic carbocycles. The number of hydrogen-bond acceptors (Lipinski definition) is 3. The molecule has 1 aliphatic rings. The van der Waals surface area contributed by atoms with Crippen molar-refractivity contribution in [1.82, 2.24) is 19.9 Å². The molecule has 1 aliphatic heterocycles. The van der Waals surface area contributed by atoms with Gasteiger partial charge in [0.15, 0.2) is 0 Å². The number of benzene rings is 1. The zero-order chi connectivity index (χ0) is 16.4. The molecule has 3 aromatic rings. The van der Waals surface area contributed by atoms with E-state index in [1.165, 1.54) is 22.4 Å². The van der Waals surface area contributed by atoms with Gasteiger partial charge in [-0.2, -0.15) is 0 Å². The number of aromatic nitrogens is 3. The highest BCUT2D eigenvalue weighted by Crippen LogP contribution is 2.35. The van der Waals surface area contributed by atoms with Crippen LogP contribution in [0.3, 0.4) is 0 Å². The summed E-state index contributed by atoms with van der Waals surface area (Å²) in [6, 6.07) is 13.3. The van der Waals surface area contributed by atoms with E-state index < -0.39 is 0 Å². The Labute approximate surface area is 142 Å². The Bertz CT molecular complexity index is 799. The first-order valence-electron chi connectivity index (χ1n) is 8.58. The molecule has 0 atom stereocenters. The van der Waals surface area contributed by atoms with Gasteiger partial charge < -0.3 is 9.88 Å². The van der Waals surface area contributed by atoms with Crippen LogP contribution in [0.25, 0.3) is 22.5 Å². The summed E-state index contributed by atoms with van der Waals surface area (Å²) >= 11 is 0. The number of nitrogens with one attached hydrogen (secondary N) is 1. The third-order valence-electron chi connectivity index (χ3n) is 4.77. The second-order valence-corrected chi connectivity index (χ2v) is 6.43. The maximum absolute atomic E-state index is 4.79. The molecular formula is C20H22N4. The second-order valence-electron chi connectivity index (χ2n) is 6.43. The van der Waals surface area contributed by atoms with Crippen molar-refractivity contribution in [3.05, 3.63) is 60.7 Å². The van der Waals surface area contributed by atoms with E-state index in [9.17, 15) is 0 Å². The lowest BCUT2D eigenvalue weighted by atomic mass is 10.0. The monoisotopic (exact) mass is 318 g/mol. The van der Waals surface area contributed by atoms with E-state index in [-0.39, 0.29) is 0 Å². The molecule has 1 fully saturated rings. The third kappa shape index (κ3) is 2.85.